The Morgan fingerprint density at radius 2 is 1.56 bits per heavy atom. The molecule has 0 radical (unpaired) electrons. The average molecular weight is 240 g/mol. The molecule has 1 nitrogen and oxygen atoms in total. The highest BCUT2D eigenvalue weighted by Gasteiger charge is 2.01. The summed E-state index contributed by atoms with van der Waals surface area (Å²) in [6.07, 6.45) is 1.07. The van der Waals surface area contributed by atoms with Crippen molar-refractivity contribution in [2.75, 3.05) is 0 Å². The number of benzene rings is 2. The second-order valence-electron chi connectivity index (χ2n) is 4.73. The topological polar surface area (TPSA) is 9.23 Å². The SMILES string of the molecule is CCc1ccc(OCc2ccc(C)cc2)c(C)c1. The summed E-state index contributed by atoms with van der Waals surface area (Å²) in [5, 5.41) is 0. The molecule has 0 fully saturated rings. The molecule has 94 valence electrons. The van der Waals surface area contributed by atoms with Crippen LogP contribution in [0.5, 0.6) is 5.75 Å². The minimum Gasteiger partial charge on any atom is -0.489 e. The van der Waals surface area contributed by atoms with Gasteiger partial charge >= 0.3 is 0 Å². The maximum Gasteiger partial charge on any atom is 0.122 e. The van der Waals surface area contributed by atoms with Crippen molar-refractivity contribution in [1.82, 2.24) is 0 Å². The molecule has 0 spiro atoms. The maximum absolute atomic E-state index is 5.86. The zero-order valence-corrected chi connectivity index (χ0v) is 11.4. The smallest absolute Gasteiger partial charge is 0.122 e. The molecule has 2 aromatic carbocycles. The second kappa shape index (κ2) is 5.72. The van der Waals surface area contributed by atoms with Gasteiger partial charge in [-0.25, -0.2) is 0 Å². The van der Waals surface area contributed by atoms with E-state index in [1.165, 1.54) is 22.3 Å². The van der Waals surface area contributed by atoms with Gasteiger partial charge in [0.05, 0.1) is 0 Å². The van der Waals surface area contributed by atoms with E-state index in [1.54, 1.807) is 0 Å². The third kappa shape index (κ3) is 3.13. The second-order valence-corrected chi connectivity index (χ2v) is 4.73. The quantitative estimate of drug-likeness (QED) is 0.767. The standard InChI is InChI=1S/C17H20O/c1-4-15-9-10-17(14(3)11-15)18-12-16-7-5-13(2)6-8-16/h5-11H,4,12H2,1-3H3. The van der Waals surface area contributed by atoms with Gasteiger partial charge in [-0.2, -0.15) is 0 Å². The van der Waals surface area contributed by atoms with Crippen molar-refractivity contribution in [1.29, 1.82) is 0 Å². The van der Waals surface area contributed by atoms with Crippen LogP contribution in [-0.2, 0) is 13.0 Å². The molecule has 0 aliphatic rings. The number of hydrogen-bond donors (Lipinski definition) is 0. The Bertz CT molecular complexity index is 512. The Hall–Kier alpha value is -1.76. The van der Waals surface area contributed by atoms with Crippen LogP contribution >= 0.6 is 0 Å². The number of rotatable bonds is 4. The van der Waals surface area contributed by atoms with Gasteiger partial charge in [0.2, 0.25) is 0 Å². The molecular formula is C17H20O. The zero-order chi connectivity index (χ0) is 13.0. The van der Waals surface area contributed by atoms with E-state index in [0.29, 0.717) is 6.61 Å². The minimum atomic E-state index is 0.632. The molecule has 0 unspecified atom stereocenters. The van der Waals surface area contributed by atoms with Crippen LogP contribution in [-0.4, -0.2) is 0 Å². The fourth-order valence-electron chi connectivity index (χ4n) is 1.94. The van der Waals surface area contributed by atoms with Crippen LogP contribution in [0.1, 0.15) is 29.2 Å². The van der Waals surface area contributed by atoms with Gasteiger partial charge in [0.25, 0.3) is 0 Å². The van der Waals surface area contributed by atoms with Crippen molar-refractivity contribution in [3.8, 4) is 5.75 Å². The number of ether oxygens (including phenoxy) is 1. The Labute approximate surface area is 109 Å². The van der Waals surface area contributed by atoms with Crippen molar-refractivity contribution >= 4 is 0 Å². The third-order valence-electron chi connectivity index (χ3n) is 3.16. The highest BCUT2D eigenvalue weighted by molar-refractivity contribution is 5.36. The number of hydrogen-bond acceptors (Lipinski definition) is 1. The molecule has 0 atom stereocenters. The van der Waals surface area contributed by atoms with E-state index in [2.05, 4.69) is 63.2 Å². The van der Waals surface area contributed by atoms with Gasteiger partial charge in [-0.15, -0.1) is 0 Å². The van der Waals surface area contributed by atoms with Crippen LogP contribution in [0.25, 0.3) is 0 Å². The van der Waals surface area contributed by atoms with E-state index in [-0.39, 0.29) is 0 Å². The summed E-state index contributed by atoms with van der Waals surface area (Å²) in [5.41, 5.74) is 5.05. The van der Waals surface area contributed by atoms with Crippen LogP contribution < -0.4 is 4.74 Å². The van der Waals surface area contributed by atoms with E-state index < -0.39 is 0 Å². The molecule has 0 saturated heterocycles. The Morgan fingerprint density at radius 1 is 0.889 bits per heavy atom. The zero-order valence-electron chi connectivity index (χ0n) is 11.4. The van der Waals surface area contributed by atoms with Gasteiger partial charge in [-0.3, -0.25) is 0 Å². The Morgan fingerprint density at radius 3 is 2.17 bits per heavy atom. The molecule has 0 amide bonds. The Balaban J connectivity index is 2.04. The van der Waals surface area contributed by atoms with Crippen LogP contribution in [0.2, 0.25) is 0 Å². The molecule has 0 aliphatic carbocycles. The summed E-state index contributed by atoms with van der Waals surface area (Å²) in [4.78, 5) is 0. The van der Waals surface area contributed by atoms with E-state index in [0.717, 1.165) is 12.2 Å². The van der Waals surface area contributed by atoms with Gasteiger partial charge < -0.3 is 4.74 Å². The molecule has 0 aromatic heterocycles. The first-order chi connectivity index (χ1) is 8.69. The normalized spacial score (nSPS) is 10.4. The van der Waals surface area contributed by atoms with Crippen LogP contribution in [0, 0.1) is 13.8 Å². The third-order valence-corrected chi connectivity index (χ3v) is 3.16. The van der Waals surface area contributed by atoms with Gasteiger partial charge in [-0.05, 0) is 43.0 Å². The van der Waals surface area contributed by atoms with Crippen molar-refractivity contribution in [2.45, 2.75) is 33.8 Å². The van der Waals surface area contributed by atoms with E-state index in [9.17, 15) is 0 Å². The molecule has 0 bridgehead atoms. The van der Waals surface area contributed by atoms with Crippen molar-refractivity contribution < 1.29 is 4.74 Å². The fourth-order valence-corrected chi connectivity index (χ4v) is 1.94. The fraction of sp³-hybridized carbons (Fsp3) is 0.294. The first kappa shape index (κ1) is 12.7. The lowest BCUT2D eigenvalue weighted by molar-refractivity contribution is 0.304. The molecule has 18 heavy (non-hydrogen) atoms. The Kier molecular flexibility index (Phi) is 4.03. The molecule has 0 saturated carbocycles. The first-order valence-corrected chi connectivity index (χ1v) is 6.47. The van der Waals surface area contributed by atoms with Crippen LogP contribution in [0.4, 0.5) is 0 Å². The minimum absolute atomic E-state index is 0.632. The van der Waals surface area contributed by atoms with Gasteiger partial charge in [-0.1, -0.05) is 48.9 Å². The largest absolute Gasteiger partial charge is 0.489 e. The van der Waals surface area contributed by atoms with Gasteiger partial charge in [0.1, 0.15) is 12.4 Å². The summed E-state index contributed by atoms with van der Waals surface area (Å²) in [6.45, 7) is 7.00. The molecule has 2 aromatic rings. The monoisotopic (exact) mass is 240 g/mol. The lowest BCUT2D eigenvalue weighted by Crippen LogP contribution is -1.97. The van der Waals surface area contributed by atoms with Crippen molar-refractivity contribution in [3.63, 3.8) is 0 Å². The lowest BCUT2D eigenvalue weighted by atomic mass is 10.1. The maximum atomic E-state index is 5.86. The van der Waals surface area contributed by atoms with Crippen molar-refractivity contribution in [3.05, 3.63) is 64.7 Å². The summed E-state index contributed by atoms with van der Waals surface area (Å²) in [5.74, 6) is 0.979. The summed E-state index contributed by atoms with van der Waals surface area (Å²) in [6, 6.07) is 14.9. The molecular weight excluding hydrogens is 220 g/mol. The summed E-state index contributed by atoms with van der Waals surface area (Å²) < 4.78 is 5.86. The predicted molar refractivity (Wildman–Crippen MR) is 76.1 cm³/mol. The summed E-state index contributed by atoms with van der Waals surface area (Å²) >= 11 is 0. The molecule has 0 heterocycles. The van der Waals surface area contributed by atoms with E-state index in [1.807, 2.05) is 0 Å². The molecule has 0 N–H and O–H groups in total. The van der Waals surface area contributed by atoms with Gasteiger partial charge in [0.15, 0.2) is 0 Å². The van der Waals surface area contributed by atoms with Gasteiger partial charge in [0, 0.05) is 0 Å². The highest BCUT2D eigenvalue weighted by Crippen LogP contribution is 2.20. The van der Waals surface area contributed by atoms with E-state index >= 15 is 0 Å². The van der Waals surface area contributed by atoms with E-state index in [4.69, 9.17) is 4.74 Å². The molecule has 0 aliphatic heterocycles. The predicted octanol–water partition coefficient (Wildman–Crippen LogP) is 4.44. The number of aryl methyl sites for hydroxylation is 3. The highest BCUT2D eigenvalue weighted by atomic mass is 16.5. The first-order valence-electron chi connectivity index (χ1n) is 6.47. The van der Waals surface area contributed by atoms with Crippen LogP contribution in [0.15, 0.2) is 42.5 Å². The molecule has 1 heteroatoms. The molecule has 2 rings (SSSR count). The summed E-state index contributed by atoms with van der Waals surface area (Å²) in [7, 11) is 0. The van der Waals surface area contributed by atoms with Crippen molar-refractivity contribution in [2.24, 2.45) is 0 Å². The average Bonchev–Trinajstić information content (AvgIpc) is 2.39. The lowest BCUT2D eigenvalue weighted by Gasteiger charge is -2.10. The van der Waals surface area contributed by atoms with Crippen LogP contribution in [0.3, 0.4) is 0 Å².